The molecule has 2 aliphatic heterocycles. The van der Waals surface area contributed by atoms with Crippen LogP contribution >= 0.6 is 34.4 Å². The number of carboxylic acid groups (broad SMARTS) is 1. The van der Waals surface area contributed by atoms with E-state index in [1.165, 1.54) is 35.1 Å². The van der Waals surface area contributed by atoms with Gasteiger partial charge in [0.2, 0.25) is 0 Å². The fourth-order valence-corrected chi connectivity index (χ4v) is 6.93. The fourth-order valence-electron chi connectivity index (χ4n) is 4.14. The van der Waals surface area contributed by atoms with Gasteiger partial charge in [-0.15, -0.1) is 23.1 Å². The number of anilines is 1. The monoisotopic (exact) mass is 549 g/mol. The van der Waals surface area contributed by atoms with Crippen LogP contribution in [0.5, 0.6) is 0 Å². The smallest absolute Gasteiger partial charge is 0.368 e. The Labute approximate surface area is 216 Å². The number of thioether (sulfide) groups is 1. The number of nitrogens with one attached hydrogen (secondary N) is 1. The SMILES string of the molecule is CON=C(C(=O)N[C@@H]1C(=O)N2C(C(=O)O)=C(C[n+]3c(C)cn4nc(C)sc43)CS[C@@H]12)c1csc(N)n1. The van der Waals surface area contributed by atoms with Gasteiger partial charge in [-0.3, -0.25) is 14.5 Å². The van der Waals surface area contributed by atoms with Gasteiger partial charge in [-0.2, -0.15) is 0 Å². The zero-order valence-electron chi connectivity index (χ0n) is 19.3. The van der Waals surface area contributed by atoms with Crippen LogP contribution in [0, 0.1) is 13.8 Å². The maximum atomic E-state index is 13.1. The Hall–Kier alpha value is -3.50. The molecule has 3 aromatic heterocycles. The van der Waals surface area contributed by atoms with Crippen molar-refractivity contribution in [2.24, 2.45) is 5.16 Å². The summed E-state index contributed by atoms with van der Waals surface area (Å²) in [5.41, 5.74) is 7.22. The van der Waals surface area contributed by atoms with Crippen molar-refractivity contribution in [3.8, 4) is 0 Å². The van der Waals surface area contributed by atoms with Crippen molar-refractivity contribution in [2.45, 2.75) is 31.8 Å². The van der Waals surface area contributed by atoms with Gasteiger partial charge >= 0.3 is 10.9 Å². The summed E-state index contributed by atoms with van der Waals surface area (Å²) in [6.45, 7) is 4.13. The first kappa shape index (κ1) is 24.2. The number of amides is 2. The standard InChI is InChI=1S/C20H20N8O5S3/c1-8-4-27-20(36-9(2)24-27)26(8)5-10-6-34-17-13(16(30)28(17)14(10)18(31)32)23-15(29)12(25-33-3)11-7-35-19(21)22-11/h4,7,13,17H,5-6H2,1-3H3,(H3-,21,22,23,29,31,32)/p+1/t13-,17+/m1/s1. The summed E-state index contributed by atoms with van der Waals surface area (Å²) in [5, 5.41) is 22.9. The molecule has 2 aliphatic rings. The molecule has 13 nitrogen and oxygen atoms in total. The number of aliphatic carboxylic acids is 1. The van der Waals surface area contributed by atoms with Crippen molar-refractivity contribution in [1.82, 2.24) is 24.8 Å². The van der Waals surface area contributed by atoms with E-state index in [0.29, 0.717) is 17.9 Å². The van der Waals surface area contributed by atoms with Crippen LogP contribution in [0.1, 0.15) is 16.4 Å². The van der Waals surface area contributed by atoms with Crippen molar-refractivity contribution in [3.63, 3.8) is 0 Å². The number of rotatable bonds is 7. The van der Waals surface area contributed by atoms with Gasteiger partial charge in [-0.1, -0.05) is 14.8 Å². The number of nitrogen functional groups attached to an aromatic ring is 1. The maximum Gasteiger partial charge on any atom is 0.368 e. The van der Waals surface area contributed by atoms with Crippen LogP contribution in [0.3, 0.4) is 0 Å². The Morgan fingerprint density at radius 3 is 2.86 bits per heavy atom. The van der Waals surface area contributed by atoms with Crippen LogP contribution in [0.25, 0.3) is 4.96 Å². The number of aryl methyl sites for hydroxylation is 2. The topological polar surface area (TPSA) is 168 Å². The van der Waals surface area contributed by atoms with Gasteiger partial charge < -0.3 is 21.0 Å². The van der Waals surface area contributed by atoms with Crippen LogP contribution in [0.4, 0.5) is 5.13 Å². The summed E-state index contributed by atoms with van der Waals surface area (Å²) in [5.74, 6) is -1.99. The zero-order chi connectivity index (χ0) is 25.7. The first-order chi connectivity index (χ1) is 17.2. The Kier molecular flexibility index (Phi) is 6.17. The highest BCUT2D eigenvalue weighted by Crippen LogP contribution is 2.40. The maximum absolute atomic E-state index is 13.1. The molecule has 36 heavy (non-hydrogen) atoms. The number of hydrogen-bond acceptors (Lipinski definition) is 11. The normalized spacial score (nSPS) is 19.9. The number of fused-ring (bicyclic) bond motifs is 2. The summed E-state index contributed by atoms with van der Waals surface area (Å²) in [6.07, 6.45) is 1.88. The predicted molar refractivity (Wildman–Crippen MR) is 132 cm³/mol. The number of carbonyl (C=O) groups excluding carboxylic acids is 2. The van der Waals surface area contributed by atoms with Crippen LogP contribution in [-0.4, -0.2) is 72.4 Å². The lowest BCUT2D eigenvalue weighted by Gasteiger charge is -2.49. The Bertz CT molecular complexity index is 1470. The first-order valence-corrected chi connectivity index (χ1v) is 13.3. The number of aromatic nitrogens is 4. The molecule has 4 N–H and O–H groups in total. The molecule has 1 fully saturated rings. The molecule has 0 aromatic carbocycles. The molecule has 5 rings (SSSR count). The van der Waals surface area contributed by atoms with Crippen molar-refractivity contribution in [2.75, 3.05) is 18.6 Å². The number of β-lactam (4-membered cyclic amide) rings is 1. The van der Waals surface area contributed by atoms with Crippen LogP contribution in [0.2, 0.25) is 0 Å². The Balaban J connectivity index is 1.39. The third-order valence-corrected chi connectivity index (χ3v) is 8.68. The lowest BCUT2D eigenvalue weighted by molar-refractivity contribution is -0.666. The van der Waals surface area contributed by atoms with Crippen molar-refractivity contribution < 1.29 is 28.9 Å². The summed E-state index contributed by atoms with van der Waals surface area (Å²) in [7, 11) is 1.29. The molecule has 16 heteroatoms. The van der Waals surface area contributed by atoms with Gasteiger partial charge in [0.25, 0.3) is 11.8 Å². The molecule has 5 heterocycles. The third-order valence-electron chi connectivity index (χ3n) is 5.70. The van der Waals surface area contributed by atoms with E-state index in [2.05, 4.69) is 20.6 Å². The Morgan fingerprint density at radius 1 is 1.42 bits per heavy atom. The summed E-state index contributed by atoms with van der Waals surface area (Å²) >= 11 is 4.03. The molecule has 2 amide bonds. The quantitative estimate of drug-likeness (QED) is 0.160. The summed E-state index contributed by atoms with van der Waals surface area (Å²) < 4.78 is 3.75. The minimum Gasteiger partial charge on any atom is -0.477 e. The molecule has 3 aromatic rings. The van der Waals surface area contributed by atoms with E-state index in [0.717, 1.165) is 27.0 Å². The van der Waals surface area contributed by atoms with E-state index in [-0.39, 0.29) is 22.2 Å². The second-order valence-electron chi connectivity index (χ2n) is 8.02. The number of oxime groups is 1. The van der Waals surface area contributed by atoms with E-state index in [1.807, 2.05) is 24.6 Å². The summed E-state index contributed by atoms with van der Waals surface area (Å²) in [4.78, 5) is 49.2. The minimum atomic E-state index is -1.19. The lowest BCUT2D eigenvalue weighted by Crippen LogP contribution is -2.71. The molecule has 0 saturated carbocycles. The second kappa shape index (κ2) is 9.18. The molecule has 0 unspecified atom stereocenters. The highest BCUT2D eigenvalue weighted by molar-refractivity contribution is 8.00. The number of hydrogen-bond donors (Lipinski definition) is 3. The first-order valence-electron chi connectivity index (χ1n) is 10.6. The molecule has 0 spiro atoms. The van der Waals surface area contributed by atoms with Crippen molar-refractivity contribution in [3.05, 3.63) is 39.2 Å². The van der Waals surface area contributed by atoms with Gasteiger partial charge in [0.15, 0.2) is 17.0 Å². The highest BCUT2D eigenvalue weighted by atomic mass is 32.2. The van der Waals surface area contributed by atoms with E-state index in [9.17, 15) is 19.5 Å². The largest absolute Gasteiger partial charge is 0.477 e. The average Bonchev–Trinajstić information content (AvgIpc) is 3.49. The van der Waals surface area contributed by atoms with Crippen LogP contribution < -0.4 is 15.6 Å². The molecule has 0 aliphatic carbocycles. The van der Waals surface area contributed by atoms with Crippen LogP contribution in [-0.2, 0) is 25.8 Å². The molecule has 1 saturated heterocycles. The van der Waals surface area contributed by atoms with Crippen LogP contribution in [0.15, 0.2) is 28.0 Å². The lowest BCUT2D eigenvalue weighted by atomic mass is 10.0. The third kappa shape index (κ3) is 4.00. The van der Waals surface area contributed by atoms with Gasteiger partial charge in [0, 0.05) is 23.6 Å². The van der Waals surface area contributed by atoms with E-state index in [1.54, 1.807) is 9.90 Å². The second-order valence-corrected chi connectivity index (χ2v) is 11.2. The van der Waals surface area contributed by atoms with Crippen molar-refractivity contribution in [1.29, 1.82) is 0 Å². The molecular weight excluding hydrogens is 528 g/mol. The molecule has 188 valence electrons. The number of thiazole rings is 1. The van der Waals surface area contributed by atoms with Gasteiger partial charge in [-0.05, 0) is 18.3 Å². The number of nitrogens with two attached hydrogens (primary N) is 1. The van der Waals surface area contributed by atoms with E-state index in [4.69, 9.17) is 10.6 Å². The predicted octanol–water partition coefficient (Wildman–Crippen LogP) is 0.128. The van der Waals surface area contributed by atoms with Gasteiger partial charge in [0.05, 0.1) is 0 Å². The average molecular weight is 550 g/mol. The number of carbonyl (C=O) groups is 3. The molecule has 0 radical (unpaired) electrons. The molecular formula is C20H21N8O5S3+. The van der Waals surface area contributed by atoms with Crippen molar-refractivity contribution >= 4 is 68.0 Å². The van der Waals surface area contributed by atoms with E-state index >= 15 is 0 Å². The fraction of sp³-hybridized carbons (Fsp3) is 0.350. The number of nitrogens with zero attached hydrogens (tertiary/aromatic N) is 6. The Morgan fingerprint density at radius 2 is 2.19 bits per heavy atom. The molecule has 2 atom stereocenters. The highest BCUT2D eigenvalue weighted by Gasteiger charge is 2.54. The molecule has 0 bridgehead atoms. The zero-order valence-corrected chi connectivity index (χ0v) is 21.7. The van der Waals surface area contributed by atoms with E-state index < -0.39 is 29.2 Å². The minimum absolute atomic E-state index is 0.0557. The summed E-state index contributed by atoms with van der Waals surface area (Å²) in [6, 6.07) is -0.920. The van der Waals surface area contributed by atoms with Gasteiger partial charge in [0.1, 0.15) is 47.2 Å². The van der Waals surface area contributed by atoms with Gasteiger partial charge in [-0.25, -0.2) is 14.3 Å². The number of imidazole rings is 1. The number of carboxylic acids is 1.